The summed E-state index contributed by atoms with van der Waals surface area (Å²) in [6.45, 7) is 1.99. The Kier molecular flexibility index (Phi) is 3.64. The van der Waals surface area contributed by atoms with Gasteiger partial charge in [-0.1, -0.05) is 23.4 Å². The molecule has 0 aliphatic heterocycles. The van der Waals surface area contributed by atoms with Crippen LogP contribution in [0.1, 0.15) is 5.56 Å². The molecule has 0 fully saturated rings. The molecule has 0 aliphatic rings. The van der Waals surface area contributed by atoms with Gasteiger partial charge in [0.15, 0.2) is 5.16 Å². The Morgan fingerprint density at radius 2 is 2.18 bits per heavy atom. The number of hydrogen-bond acceptors (Lipinski definition) is 3. The molecule has 2 aromatic rings. The molecule has 3 nitrogen and oxygen atoms in total. The van der Waals surface area contributed by atoms with Crippen molar-refractivity contribution in [3.63, 3.8) is 0 Å². The van der Waals surface area contributed by atoms with Crippen LogP contribution in [0.25, 0.3) is 5.69 Å². The summed E-state index contributed by atoms with van der Waals surface area (Å²) in [6.07, 6.45) is 5.61. The number of halogens is 1. The minimum atomic E-state index is 0.662. The van der Waals surface area contributed by atoms with Crippen LogP contribution in [0.2, 0.25) is 5.02 Å². The summed E-state index contributed by atoms with van der Waals surface area (Å²) in [4.78, 5) is 4.26. The molecule has 0 radical (unpaired) electrons. The zero-order valence-corrected chi connectivity index (χ0v) is 11.5. The van der Waals surface area contributed by atoms with Gasteiger partial charge in [0.2, 0.25) is 0 Å². The highest BCUT2D eigenvalue weighted by molar-refractivity contribution is 7.98. The van der Waals surface area contributed by atoms with Crippen LogP contribution >= 0.6 is 23.4 Å². The quantitative estimate of drug-likeness (QED) is 0.797. The van der Waals surface area contributed by atoms with E-state index in [1.165, 1.54) is 0 Å². The molecule has 0 saturated heterocycles. The first-order chi connectivity index (χ1) is 8.17. The molecule has 0 bridgehead atoms. The van der Waals surface area contributed by atoms with E-state index in [2.05, 4.69) is 4.98 Å². The van der Waals surface area contributed by atoms with Crippen molar-refractivity contribution in [1.29, 1.82) is 0 Å². The SMILES string of the molecule is COc1cc(C)cc(Cl)c1-n1ccnc1SC. The van der Waals surface area contributed by atoms with E-state index in [-0.39, 0.29) is 0 Å². The van der Waals surface area contributed by atoms with Gasteiger partial charge in [-0.25, -0.2) is 4.98 Å². The van der Waals surface area contributed by atoms with Crippen molar-refractivity contribution in [1.82, 2.24) is 9.55 Å². The fourth-order valence-electron chi connectivity index (χ4n) is 1.70. The number of ether oxygens (including phenoxy) is 1. The first-order valence-corrected chi connectivity index (χ1v) is 6.69. The van der Waals surface area contributed by atoms with Crippen molar-refractivity contribution in [2.75, 3.05) is 13.4 Å². The minimum absolute atomic E-state index is 0.662. The van der Waals surface area contributed by atoms with Crippen LogP contribution < -0.4 is 4.74 Å². The van der Waals surface area contributed by atoms with Crippen LogP contribution in [0.4, 0.5) is 0 Å². The fourth-order valence-corrected chi connectivity index (χ4v) is 2.57. The Labute approximate surface area is 110 Å². The number of aryl methyl sites for hydroxylation is 1. The van der Waals surface area contributed by atoms with Crippen molar-refractivity contribution in [3.05, 3.63) is 35.1 Å². The second-order valence-corrected chi connectivity index (χ2v) is 4.76. The summed E-state index contributed by atoms with van der Waals surface area (Å²) >= 11 is 7.86. The second kappa shape index (κ2) is 5.02. The van der Waals surface area contributed by atoms with E-state index in [0.717, 1.165) is 22.2 Å². The molecule has 2 rings (SSSR count). The van der Waals surface area contributed by atoms with Gasteiger partial charge in [0.05, 0.1) is 12.1 Å². The summed E-state index contributed by atoms with van der Waals surface area (Å²) in [5.41, 5.74) is 1.91. The van der Waals surface area contributed by atoms with Crippen LogP contribution in [-0.4, -0.2) is 22.9 Å². The maximum Gasteiger partial charge on any atom is 0.172 e. The van der Waals surface area contributed by atoms with Gasteiger partial charge in [-0.05, 0) is 30.9 Å². The lowest BCUT2D eigenvalue weighted by atomic mass is 10.2. The minimum Gasteiger partial charge on any atom is -0.494 e. The van der Waals surface area contributed by atoms with Crippen LogP contribution in [0.5, 0.6) is 5.75 Å². The molecule has 0 amide bonds. The van der Waals surface area contributed by atoms with Crippen molar-refractivity contribution in [2.45, 2.75) is 12.1 Å². The van der Waals surface area contributed by atoms with E-state index in [4.69, 9.17) is 16.3 Å². The normalized spacial score (nSPS) is 10.6. The molecule has 0 atom stereocenters. The third-order valence-electron chi connectivity index (χ3n) is 2.42. The van der Waals surface area contributed by atoms with Gasteiger partial charge >= 0.3 is 0 Å². The van der Waals surface area contributed by atoms with E-state index in [1.807, 2.05) is 36.1 Å². The summed E-state index contributed by atoms with van der Waals surface area (Å²) in [7, 11) is 1.64. The number of imidazole rings is 1. The maximum absolute atomic E-state index is 6.30. The lowest BCUT2D eigenvalue weighted by molar-refractivity contribution is 0.412. The van der Waals surface area contributed by atoms with E-state index in [1.54, 1.807) is 25.1 Å². The van der Waals surface area contributed by atoms with Gasteiger partial charge in [-0.2, -0.15) is 0 Å². The van der Waals surface area contributed by atoms with Crippen molar-refractivity contribution < 1.29 is 4.74 Å². The van der Waals surface area contributed by atoms with Gasteiger partial charge in [0.25, 0.3) is 0 Å². The van der Waals surface area contributed by atoms with Gasteiger partial charge in [0.1, 0.15) is 11.4 Å². The first kappa shape index (κ1) is 12.3. The standard InChI is InChI=1S/C12H13ClN2OS/c1-8-6-9(13)11(10(7-8)16-2)15-5-4-14-12(15)17-3/h4-7H,1-3H3. The zero-order valence-electron chi connectivity index (χ0n) is 9.90. The number of thioether (sulfide) groups is 1. The maximum atomic E-state index is 6.30. The predicted molar refractivity (Wildman–Crippen MR) is 71.6 cm³/mol. The van der Waals surface area contributed by atoms with Crippen molar-refractivity contribution in [2.24, 2.45) is 0 Å². The van der Waals surface area contributed by atoms with Crippen molar-refractivity contribution >= 4 is 23.4 Å². The molecular formula is C12H13ClN2OS. The molecule has 1 aromatic carbocycles. The van der Waals surface area contributed by atoms with E-state index in [9.17, 15) is 0 Å². The number of aromatic nitrogens is 2. The van der Waals surface area contributed by atoms with E-state index in [0.29, 0.717) is 5.02 Å². The summed E-state index contributed by atoms with van der Waals surface area (Å²) in [5.74, 6) is 0.753. The van der Waals surface area contributed by atoms with Gasteiger partial charge < -0.3 is 4.74 Å². The highest BCUT2D eigenvalue weighted by Gasteiger charge is 2.14. The monoisotopic (exact) mass is 268 g/mol. The largest absolute Gasteiger partial charge is 0.494 e. The molecule has 0 aliphatic carbocycles. The zero-order chi connectivity index (χ0) is 12.4. The summed E-state index contributed by atoms with van der Waals surface area (Å²) in [6, 6.07) is 3.88. The number of nitrogens with zero attached hydrogens (tertiary/aromatic N) is 2. The van der Waals surface area contributed by atoms with Gasteiger partial charge in [0, 0.05) is 12.4 Å². The predicted octanol–water partition coefficient (Wildman–Crippen LogP) is 3.56. The fraction of sp³-hybridized carbons (Fsp3) is 0.250. The highest BCUT2D eigenvalue weighted by atomic mass is 35.5. The molecule has 0 spiro atoms. The highest BCUT2D eigenvalue weighted by Crippen LogP contribution is 2.34. The lowest BCUT2D eigenvalue weighted by Gasteiger charge is -2.14. The first-order valence-electron chi connectivity index (χ1n) is 5.09. The van der Waals surface area contributed by atoms with Gasteiger partial charge in [-0.15, -0.1) is 0 Å². The van der Waals surface area contributed by atoms with E-state index < -0.39 is 0 Å². The molecule has 0 saturated carbocycles. The number of benzene rings is 1. The van der Waals surface area contributed by atoms with Crippen LogP contribution in [0, 0.1) is 6.92 Å². The molecular weight excluding hydrogens is 256 g/mol. The lowest BCUT2D eigenvalue weighted by Crippen LogP contribution is -2.00. The average Bonchev–Trinajstić information content (AvgIpc) is 2.75. The molecule has 0 unspecified atom stereocenters. The van der Waals surface area contributed by atoms with Crippen molar-refractivity contribution in [3.8, 4) is 11.4 Å². The number of methoxy groups -OCH3 is 1. The Balaban J connectivity index is 2.66. The van der Waals surface area contributed by atoms with Gasteiger partial charge in [-0.3, -0.25) is 4.57 Å². The van der Waals surface area contributed by atoms with Crippen LogP contribution in [0.15, 0.2) is 29.7 Å². The molecule has 90 valence electrons. The Hall–Kier alpha value is -1.13. The summed E-state index contributed by atoms with van der Waals surface area (Å²) in [5, 5.41) is 1.55. The third kappa shape index (κ3) is 2.28. The second-order valence-electron chi connectivity index (χ2n) is 3.58. The van der Waals surface area contributed by atoms with Crippen LogP contribution in [0.3, 0.4) is 0 Å². The Bertz CT molecular complexity index is 539. The topological polar surface area (TPSA) is 27.1 Å². The number of hydrogen-bond donors (Lipinski definition) is 0. The third-order valence-corrected chi connectivity index (χ3v) is 3.38. The molecule has 17 heavy (non-hydrogen) atoms. The Morgan fingerprint density at radius 1 is 1.41 bits per heavy atom. The van der Waals surface area contributed by atoms with Crippen LogP contribution in [-0.2, 0) is 0 Å². The summed E-state index contributed by atoms with van der Waals surface area (Å²) < 4.78 is 7.32. The molecule has 1 aromatic heterocycles. The molecule has 1 heterocycles. The smallest absolute Gasteiger partial charge is 0.172 e. The molecule has 5 heteroatoms. The number of rotatable bonds is 3. The average molecular weight is 269 g/mol. The van der Waals surface area contributed by atoms with E-state index >= 15 is 0 Å². The molecule has 0 N–H and O–H groups in total. The Morgan fingerprint density at radius 3 is 2.82 bits per heavy atom.